The van der Waals surface area contributed by atoms with Crippen LogP contribution in [0.3, 0.4) is 0 Å². The summed E-state index contributed by atoms with van der Waals surface area (Å²) in [5.74, 6) is 1.02. The van der Waals surface area contributed by atoms with E-state index in [2.05, 4.69) is 31.2 Å². The zero-order valence-electron chi connectivity index (χ0n) is 12.0. The van der Waals surface area contributed by atoms with Crippen molar-refractivity contribution in [1.82, 2.24) is 9.97 Å². The molecule has 2 rings (SSSR count). The predicted octanol–water partition coefficient (Wildman–Crippen LogP) is 5.25. The fraction of sp³-hybridized carbons (Fsp3) is 0.333. The molecule has 0 atom stereocenters. The van der Waals surface area contributed by atoms with E-state index >= 15 is 0 Å². The van der Waals surface area contributed by atoms with Gasteiger partial charge in [-0.3, -0.25) is 0 Å². The van der Waals surface area contributed by atoms with E-state index in [4.69, 9.17) is 11.6 Å². The molecular weight excluding hydrogens is 357 g/mol. The molecule has 0 fully saturated rings. The van der Waals surface area contributed by atoms with E-state index in [1.165, 1.54) is 0 Å². The number of rotatable bonds is 4. The van der Waals surface area contributed by atoms with Crippen molar-refractivity contribution in [3.63, 3.8) is 0 Å². The first-order valence-electron chi connectivity index (χ1n) is 6.70. The molecule has 0 radical (unpaired) electrons. The van der Waals surface area contributed by atoms with Gasteiger partial charge in [-0.15, -0.1) is 0 Å². The molecule has 0 aliphatic carbocycles. The van der Waals surface area contributed by atoms with E-state index in [1.54, 1.807) is 18.2 Å². The SMILES string of the molecule is CCNc1cc(-c2ccc(Br)c(Cl)c2F)nc(C(C)C)n1. The number of nitrogens with zero attached hydrogens (tertiary/aromatic N) is 2. The third kappa shape index (κ3) is 3.52. The van der Waals surface area contributed by atoms with Crippen LogP contribution in [0, 0.1) is 5.82 Å². The lowest BCUT2D eigenvalue weighted by molar-refractivity contribution is 0.630. The lowest BCUT2D eigenvalue weighted by atomic mass is 10.1. The summed E-state index contributed by atoms with van der Waals surface area (Å²) in [6.07, 6.45) is 0. The van der Waals surface area contributed by atoms with E-state index in [0.717, 1.165) is 6.54 Å². The van der Waals surface area contributed by atoms with Gasteiger partial charge >= 0.3 is 0 Å². The average Bonchev–Trinajstić information content (AvgIpc) is 2.45. The molecule has 112 valence electrons. The second kappa shape index (κ2) is 6.71. The van der Waals surface area contributed by atoms with Gasteiger partial charge in [0.15, 0.2) is 5.82 Å². The molecule has 0 saturated heterocycles. The Balaban J connectivity index is 2.60. The van der Waals surface area contributed by atoms with Crippen LogP contribution in [0.4, 0.5) is 10.2 Å². The molecule has 1 N–H and O–H groups in total. The highest BCUT2D eigenvalue weighted by Crippen LogP contribution is 2.33. The maximum absolute atomic E-state index is 14.4. The first-order valence-corrected chi connectivity index (χ1v) is 7.87. The highest BCUT2D eigenvalue weighted by Gasteiger charge is 2.16. The minimum atomic E-state index is -0.484. The highest BCUT2D eigenvalue weighted by molar-refractivity contribution is 9.10. The first-order chi connectivity index (χ1) is 9.93. The summed E-state index contributed by atoms with van der Waals surface area (Å²) in [5, 5.41) is 3.20. The smallest absolute Gasteiger partial charge is 0.152 e. The number of hydrogen-bond donors (Lipinski definition) is 1. The molecule has 21 heavy (non-hydrogen) atoms. The molecule has 0 aliphatic rings. The first kappa shape index (κ1) is 16.2. The summed E-state index contributed by atoms with van der Waals surface area (Å²) in [4.78, 5) is 8.88. The number of hydrogen-bond acceptors (Lipinski definition) is 3. The summed E-state index contributed by atoms with van der Waals surface area (Å²) < 4.78 is 14.9. The summed E-state index contributed by atoms with van der Waals surface area (Å²) in [7, 11) is 0. The van der Waals surface area contributed by atoms with Crippen molar-refractivity contribution in [1.29, 1.82) is 0 Å². The molecule has 0 amide bonds. The quantitative estimate of drug-likeness (QED) is 0.744. The summed E-state index contributed by atoms with van der Waals surface area (Å²) >= 11 is 9.17. The van der Waals surface area contributed by atoms with Crippen LogP contribution in [0.2, 0.25) is 5.02 Å². The van der Waals surface area contributed by atoms with Gasteiger partial charge in [-0.1, -0.05) is 25.4 Å². The number of anilines is 1. The van der Waals surface area contributed by atoms with Crippen molar-refractivity contribution in [3.8, 4) is 11.3 Å². The lowest BCUT2D eigenvalue weighted by Crippen LogP contribution is -2.06. The maximum Gasteiger partial charge on any atom is 0.152 e. The van der Waals surface area contributed by atoms with Crippen molar-refractivity contribution < 1.29 is 4.39 Å². The standard InChI is InChI=1S/C15H16BrClFN3/c1-4-19-12-7-11(20-15(21-12)8(2)3)9-5-6-10(16)13(17)14(9)18/h5-8H,4H2,1-3H3,(H,19,20,21). The largest absolute Gasteiger partial charge is 0.370 e. The third-order valence-corrected chi connectivity index (χ3v) is 4.19. The van der Waals surface area contributed by atoms with Crippen molar-refractivity contribution in [3.05, 3.63) is 39.3 Å². The van der Waals surface area contributed by atoms with E-state index in [-0.39, 0.29) is 10.9 Å². The number of aromatic nitrogens is 2. The zero-order valence-corrected chi connectivity index (χ0v) is 14.4. The van der Waals surface area contributed by atoms with Gasteiger partial charge in [-0.2, -0.15) is 0 Å². The van der Waals surface area contributed by atoms with E-state index < -0.39 is 5.82 Å². The molecule has 3 nitrogen and oxygen atoms in total. The van der Waals surface area contributed by atoms with Gasteiger partial charge in [-0.25, -0.2) is 14.4 Å². The number of halogens is 3. The Morgan fingerprint density at radius 3 is 2.67 bits per heavy atom. The van der Waals surface area contributed by atoms with Crippen LogP contribution in [0.1, 0.15) is 32.5 Å². The van der Waals surface area contributed by atoms with Crippen LogP contribution in [-0.4, -0.2) is 16.5 Å². The Bertz CT molecular complexity index is 662. The lowest BCUT2D eigenvalue weighted by Gasteiger charge is -2.12. The molecule has 0 unspecified atom stereocenters. The van der Waals surface area contributed by atoms with E-state index in [1.807, 2.05) is 20.8 Å². The van der Waals surface area contributed by atoms with Gasteiger partial charge < -0.3 is 5.32 Å². The van der Waals surface area contributed by atoms with Gasteiger partial charge in [0.2, 0.25) is 0 Å². The van der Waals surface area contributed by atoms with Crippen molar-refractivity contribution in [2.24, 2.45) is 0 Å². The Morgan fingerprint density at radius 1 is 1.33 bits per heavy atom. The molecule has 6 heteroatoms. The topological polar surface area (TPSA) is 37.8 Å². The van der Waals surface area contributed by atoms with E-state index in [0.29, 0.717) is 27.4 Å². The molecule has 0 saturated carbocycles. The van der Waals surface area contributed by atoms with Crippen LogP contribution in [-0.2, 0) is 0 Å². The minimum Gasteiger partial charge on any atom is -0.370 e. The summed E-state index contributed by atoms with van der Waals surface area (Å²) in [5.41, 5.74) is 0.892. The number of benzene rings is 1. The van der Waals surface area contributed by atoms with Crippen molar-refractivity contribution in [2.45, 2.75) is 26.7 Å². The van der Waals surface area contributed by atoms with Gasteiger partial charge in [-0.05, 0) is 35.0 Å². The molecular formula is C15H16BrClFN3. The van der Waals surface area contributed by atoms with Gasteiger partial charge in [0.1, 0.15) is 11.6 Å². The Hall–Kier alpha value is -1.20. The minimum absolute atomic E-state index is 0.0576. The molecule has 0 aliphatic heterocycles. The van der Waals surface area contributed by atoms with Gasteiger partial charge in [0, 0.05) is 28.6 Å². The van der Waals surface area contributed by atoms with Crippen LogP contribution < -0.4 is 5.32 Å². The fourth-order valence-corrected chi connectivity index (χ4v) is 2.33. The Morgan fingerprint density at radius 2 is 2.05 bits per heavy atom. The van der Waals surface area contributed by atoms with Crippen LogP contribution >= 0.6 is 27.5 Å². The average molecular weight is 373 g/mol. The van der Waals surface area contributed by atoms with Crippen LogP contribution in [0.25, 0.3) is 11.3 Å². The van der Waals surface area contributed by atoms with E-state index in [9.17, 15) is 4.39 Å². The molecule has 2 aromatic rings. The summed E-state index contributed by atoms with van der Waals surface area (Å²) in [6, 6.07) is 5.11. The molecule has 0 bridgehead atoms. The van der Waals surface area contributed by atoms with Crippen molar-refractivity contribution >= 4 is 33.3 Å². The number of nitrogens with one attached hydrogen (secondary N) is 1. The Kier molecular flexibility index (Phi) is 5.17. The van der Waals surface area contributed by atoms with Gasteiger partial charge in [0.05, 0.1) is 10.7 Å². The predicted molar refractivity (Wildman–Crippen MR) is 88.4 cm³/mol. The Labute approximate surface area is 137 Å². The van der Waals surface area contributed by atoms with Gasteiger partial charge in [0.25, 0.3) is 0 Å². The second-order valence-electron chi connectivity index (χ2n) is 4.90. The monoisotopic (exact) mass is 371 g/mol. The third-order valence-electron chi connectivity index (χ3n) is 2.93. The molecule has 0 spiro atoms. The fourth-order valence-electron chi connectivity index (χ4n) is 1.86. The molecule has 1 aromatic carbocycles. The second-order valence-corrected chi connectivity index (χ2v) is 6.14. The highest BCUT2D eigenvalue weighted by atomic mass is 79.9. The summed E-state index contributed by atoms with van der Waals surface area (Å²) in [6.45, 7) is 6.71. The van der Waals surface area contributed by atoms with Crippen LogP contribution in [0.15, 0.2) is 22.7 Å². The molecule has 1 aromatic heterocycles. The van der Waals surface area contributed by atoms with Crippen molar-refractivity contribution in [2.75, 3.05) is 11.9 Å². The normalized spacial score (nSPS) is 11.0. The van der Waals surface area contributed by atoms with Crippen LogP contribution in [0.5, 0.6) is 0 Å². The zero-order chi connectivity index (χ0) is 15.6. The molecule has 1 heterocycles. The maximum atomic E-state index is 14.4.